The largest absolute Gasteiger partial charge is 0.462 e. The quantitative estimate of drug-likeness (QED) is 0.257. The Balaban J connectivity index is 1.86. The molecule has 3 rings (SSSR count). The molecule has 29 heavy (non-hydrogen) atoms. The van der Waals surface area contributed by atoms with Gasteiger partial charge < -0.3 is 10.1 Å². The van der Waals surface area contributed by atoms with Crippen LogP contribution in [0.2, 0.25) is 0 Å². The maximum Gasteiger partial charge on any atom is 0.343 e. The van der Waals surface area contributed by atoms with E-state index in [1.807, 2.05) is 31.2 Å². The molecule has 2 aromatic carbocycles. The smallest absolute Gasteiger partial charge is 0.343 e. The zero-order chi connectivity index (χ0) is 20.8. The number of carbonyl (C=O) groups is 1. The third-order valence-electron chi connectivity index (χ3n) is 3.87. The van der Waals surface area contributed by atoms with Crippen molar-refractivity contribution in [3.8, 4) is 0 Å². The first-order chi connectivity index (χ1) is 14.0. The normalized spacial score (nSPS) is 10.4. The van der Waals surface area contributed by atoms with Crippen molar-refractivity contribution in [2.45, 2.75) is 23.8 Å². The second-order valence-electron chi connectivity index (χ2n) is 5.97. The van der Waals surface area contributed by atoms with Gasteiger partial charge in [-0.2, -0.15) is 0 Å². The Morgan fingerprint density at radius 1 is 1.14 bits per heavy atom. The fourth-order valence-corrected chi connectivity index (χ4v) is 3.32. The van der Waals surface area contributed by atoms with Gasteiger partial charge in [-0.3, -0.25) is 10.1 Å². The zero-order valence-electron chi connectivity index (χ0n) is 15.8. The topological polar surface area (TPSA) is 107 Å². The van der Waals surface area contributed by atoms with Crippen molar-refractivity contribution in [3.63, 3.8) is 0 Å². The number of nitro groups is 1. The van der Waals surface area contributed by atoms with Crippen molar-refractivity contribution < 1.29 is 14.5 Å². The monoisotopic (exact) mass is 410 g/mol. The molecule has 0 aliphatic carbocycles. The van der Waals surface area contributed by atoms with E-state index >= 15 is 0 Å². The summed E-state index contributed by atoms with van der Waals surface area (Å²) in [5.74, 6) is -0.354. The van der Waals surface area contributed by atoms with Gasteiger partial charge in [-0.1, -0.05) is 29.5 Å². The Morgan fingerprint density at radius 2 is 1.83 bits per heavy atom. The zero-order valence-corrected chi connectivity index (χ0v) is 16.6. The molecule has 0 amide bonds. The van der Waals surface area contributed by atoms with Crippen LogP contribution in [0.4, 0.5) is 17.2 Å². The van der Waals surface area contributed by atoms with Crippen molar-refractivity contribution in [2.24, 2.45) is 0 Å². The van der Waals surface area contributed by atoms with Gasteiger partial charge >= 0.3 is 11.7 Å². The van der Waals surface area contributed by atoms with Crippen LogP contribution in [0.25, 0.3) is 0 Å². The van der Waals surface area contributed by atoms with Gasteiger partial charge in [0.15, 0.2) is 5.03 Å². The molecular weight excluding hydrogens is 392 g/mol. The number of aryl methyl sites for hydroxylation is 1. The van der Waals surface area contributed by atoms with Gasteiger partial charge in [0.05, 0.1) is 17.1 Å². The minimum absolute atomic E-state index is 0.0727. The standard InChI is InChI=1S/C20H18N4O4S/c1-3-28-20(25)14-6-8-15(9-7-14)23-18-17(24(26)27)19(22-12-21-18)29-16-10-4-13(2)5-11-16/h4-12H,3H2,1-2H3,(H,21,22,23). The van der Waals surface area contributed by atoms with Crippen molar-refractivity contribution in [2.75, 3.05) is 11.9 Å². The lowest BCUT2D eigenvalue weighted by molar-refractivity contribution is -0.387. The molecule has 0 saturated heterocycles. The molecule has 8 nitrogen and oxygen atoms in total. The lowest BCUT2D eigenvalue weighted by Crippen LogP contribution is -2.05. The van der Waals surface area contributed by atoms with E-state index in [0.29, 0.717) is 11.3 Å². The van der Waals surface area contributed by atoms with Crippen LogP contribution in [-0.4, -0.2) is 27.5 Å². The van der Waals surface area contributed by atoms with Crippen LogP contribution >= 0.6 is 11.8 Å². The van der Waals surface area contributed by atoms with Crippen LogP contribution in [0.5, 0.6) is 0 Å². The average Bonchev–Trinajstić information content (AvgIpc) is 2.70. The SMILES string of the molecule is CCOC(=O)c1ccc(Nc2ncnc(Sc3ccc(C)cc3)c2[N+](=O)[O-])cc1. The van der Waals surface area contributed by atoms with E-state index < -0.39 is 10.9 Å². The van der Waals surface area contributed by atoms with Crippen molar-refractivity contribution >= 4 is 34.9 Å². The van der Waals surface area contributed by atoms with Gasteiger partial charge in [0.25, 0.3) is 0 Å². The summed E-state index contributed by atoms with van der Waals surface area (Å²) in [4.78, 5) is 31.9. The molecule has 1 N–H and O–H groups in total. The fourth-order valence-electron chi connectivity index (χ4n) is 2.45. The Kier molecular flexibility index (Phi) is 6.40. The van der Waals surface area contributed by atoms with Crippen LogP contribution in [0, 0.1) is 17.0 Å². The average molecular weight is 410 g/mol. The number of hydrogen-bond donors (Lipinski definition) is 1. The maximum atomic E-state index is 11.7. The summed E-state index contributed by atoms with van der Waals surface area (Å²) in [6, 6.07) is 14.0. The summed E-state index contributed by atoms with van der Waals surface area (Å²) in [5, 5.41) is 14.9. The van der Waals surface area contributed by atoms with Gasteiger partial charge in [-0.05, 0) is 50.2 Å². The van der Waals surface area contributed by atoms with Crippen LogP contribution in [0.15, 0.2) is 64.8 Å². The van der Waals surface area contributed by atoms with Crippen LogP contribution < -0.4 is 5.32 Å². The van der Waals surface area contributed by atoms with Crippen LogP contribution in [0.1, 0.15) is 22.8 Å². The minimum Gasteiger partial charge on any atom is -0.462 e. The van der Waals surface area contributed by atoms with Crippen molar-refractivity contribution in [1.29, 1.82) is 0 Å². The predicted molar refractivity (Wildman–Crippen MR) is 110 cm³/mol. The molecule has 9 heteroatoms. The molecule has 1 heterocycles. The number of rotatable bonds is 7. The summed E-state index contributed by atoms with van der Waals surface area (Å²) >= 11 is 1.19. The number of nitrogens with zero attached hydrogens (tertiary/aromatic N) is 3. The van der Waals surface area contributed by atoms with E-state index in [-0.39, 0.29) is 23.1 Å². The van der Waals surface area contributed by atoms with Crippen molar-refractivity contribution in [3.05, 3.63) is 76.1 Å². The van der Waals surface area contributed by atoms with E-state index in [0.717, 1.165) is 10.5 Å². The van der Waals surface area contributed by atoms with Crippen LogP contribution in [0.3, 0.4) is 0 Å². The molecule has 1 aromatic heterocycles. The van der Waals surface area contributed by atoms with E-state index in [1.54, 1.807) is 31.2 Å². The highest BCUT2D eigenvalue weighted by atomic mass is 32.2. The van der Waals surface area contributed by atoms with E-state index in [1.165, 1.54) is 18.1 Å². The molecule has 148 valence electrons. The van der Waals surface area contributed by atoms with Gasteiger partial charge in [0.1, 0.15) is 6.33 Å². The number of benzene rings is 2. The highest BCUT2D eigenvalue weighted by molar-refractivity contribution is 7.99. The first-order valence-electron chi connectivity index (χ1n) is 8.76. The van der Waals surface area contributed by atoms with Gasteiger partial charge in [-0.25, -0.2) is 14.8 Å². The fraction of sp³-hybridized carbons (Fsp3) is 0.150. The second-order valence-corrected chi connectivity index (χ2v) is 7.03. The molecule has 0 fully saturated rings. The minimum atomic E-state index is -0.508. The molecule has 0 aliphatic heterocycles. The molecule has 0 aliphatic rings. The summed E-state index contributed by atoms with van der Waals surface area (Å²) in [5.41, 5.74) is 1.82. The van der Waals surface area contributed by atoms with Crippen molar-refractivity contribution in [1.82, 2.24) is 9.97 Å². The molecule has 0 spiro atoms. The number of ether oxygens (including phenoxy) is 1. The third kappa shape index (κ3) is 5.08. The first kappa shape index (κ1) is 20.3. The number of nitrogens with one attached hydrogen (secondary N) is 1. The van der Waals surface area contributed by atoms with Gasteiger partial charge in [0.2, 0.25) is 5.82 Å². The summed E-state index contributed by atoms with van der Waals surface area (Å²) in [6.07, 6.45) is 1.28. The molecule has 0 bridgehead atoms. The highest BCUT2D eigenvalue weighted by Gasteiger charge is 2.24. The molecule has 0 radical (unpaired) electrons. The molecular formula is C20H18N4O4S. The van der Waals surface area contributed by atoms with E-state index in [9.17, 15) is 14.9 Å². The Bertz CT molecular complexity index is 1020. The van der Waals surface area contributed by atoms with Gasteiger partial charge in [-0.15, -0.1) is 0 Å². The lowest BCUT2D eigenvalue weighted by atomic mass is 10.2. The lowest BCUT2D eigenvalue weighted by Gasteiger charge is -2.09. The Labute approximate surface area is 171 Å². The summed E-state index contributed by atoms with van der Waals surface area (Å²) in [6.45, 7) is 3.98. The molecule has 3 aromatic rings. The molecule has 0 unspecified atom stereocenters. The Morgan fingerprint density at radius 3 is 2.45 bits per heavy atom. The third-order valence-corrected chi connectivity index (χ3v) is 4.87. The number of anilines is 2. The Hall–Kier alpha value is -3.46. The maximum absolute atomic E-state index is 11.7. The number of carbonyl (C=O) groups excluding carboxylic acids is 1. The van der Waals surface area contributed by atoms with E-state index in [4.69, 9.17) is 4.74 Å². The molecule has 0 atom stereocenters. The summed E-state index contributed by atoms with van der Waals surface area (Å²) in [7, 11) is 0. The molecule has 0 saturated carbocycles. The first-order valence-corrected chi connectivity index (χ1v) is 9.57. The number of esters is 1. The highest BCUT2D eigenvalue weighted by Crippen LogP contribution is 2.37. The summed E-state index contributed by atoms with van der Waals surface area (Å²) < 4.78 is 4.94. The second kappa shape index (κ2) is 9.16. The van der Waals surface area contributed by atoms with Crippen LogP contribution in [-0.2, 0) is 4.74 Å². The van der Waals surface area contributed by atoms with E-state index in [2.05, 4.69) is 15.3 Å². The number of aromatic nitrogens is 2. The number of hydrogen-bond acceptors (Lipinski definition) is 8. The predicted octanol–water partition coefficient (Wildman–Crippen LogP) is 4.76. The van der Waals surface area contributed by atoms with Gasteiger partial charge in [0, 0.05) is 10.6 Å².